The zero-order valence-electron chi connectivity index (χ0n) is 12.3. The summed E-state index contributed by atoms with van der Waals surface area (Å²) in [5.41, 5.74) is 0.297. The Kier molecular flexibility index (Phi) is 5.33. The van der Waals surface area contributed by atoms with Crippen molar-refractivity contribution in [2.45, 2.75) is 17.1 Å². The molecule has 0 aromatic heterocycles. The van der Waals surface area contributed by atoms with E-state index in [-0.39, 0.29) is 5.25 Å². The molecule has 2 atom stereocenters. The van der Waals surface area contributed by atoms with Gasteiger partial charge in [-0.15, -0.1) is 0 Å². The van der Waals surface area contributed by atoms with Crippen LogP contribution in [0, 0.1) is 30.2 Å². The summed E-state index contributed by atoms with van der Waals surface area (Å²) in [5, 5.41) is -0.0733. The molecule has 128 valence electrons. The molecule has 0 bridgehead atoms. The molecule has 1 saturated heterocycles. The lowest BCUT2D eigenvalue weighted by molar-refractivity contribution is 0.377. The van der Waals surface area contributed by atoms with E-state index in [1.807, 2.05) is 30.3 Å². The maximum Gasteiger partial charge on any atom is 0.180 e. The fraction of sp³-hybridized carbons (Fsp3) is 0.200. The highest BCUT2D eigenvalue weighted by atomic mass is 33.2. The fourth-order valence-corrected chi connectivity index (χ4v) is 11.3. The summed E-state index contributed by atoms with van der Waals surface area (Å²) in [7, 11) is 0. The topological polar surface area (TPSA) is 9.23 Å². The highest BCUT2D eigenvalue weighted by molar-refractivity contribution is 8.99. The Labute approximate surface area is 149 Å². The first-order chi connectivity index (χ1) is 11.3. The van der Waals surface area contributed by atoms with Gasteiger partial charge in [-0.05, 0) is 35.7 Å². The Morgan fingerprint density at radius 3 is 2.25 bits per heavy atom. The van der Waals surface area contributed by atoms with Crippen molar-refractivity contribution in [1.82, 2.24) is 0 Å². The van der Waals surface area contributed by atoms with Gasteiger partial charge in [0, 0.05) is 5.56 Å². The van der Waals surface area contributed by atoms with E-state index in [2.05, 4.69) is 0 Å². The van der Waals surface area contributed by atoms with Crippen molar-refractivity contribution in [3.05, 3.63) is 64.7 Å². The molecule has 1 nitrogen and oxygen atoms in total. The second kappa shape index (κ2) is 7.00. The second-order valence-corrected chi connectivity index (χ2v) is 15.5. The first-order valence-corrected chi connectivity index (χ1v) is 12.4. The summed E-state index contributed by atoms with van der Waals surface area (Å²) < 4.78 is 58.4. The summed E-state index contributed by atoms with van der Waals surface area (Å²) in [6.45, 7) is 1.27. The molecule has 1 aliphatic rings. The third kappa shape index (κ3) is 3.40. The van der Waals surface area contributed by atoms with Crippen LogP contribution in [0.25, 0.3) is 0 Å². The van der Waals surface area contributed by atoms with Gasteiger partial charge in [-0.1, -0.05) is 41.7 Å². The van der Waals surface area contributed by atoms with Gasteiger partial charge in [0.2, 0.25) is 0 Å². The van der Waals surface area contributed by atoms with E-state index >= 15 is 0 Å². The van der Waals surface area contributed by atoms with Crippen LogP contribution in [0.3, 0.4) is 0 Å². The van der Waals surface area contributed by atoms with Gasteiger partial charge in [-0.25, -0.2) is 17.6 Å². The average molecular weight is 410 g/mol. The molecule has 1 fully saturated rings. The SMILES string of the molecule is Cc1c(F)c(F)c(S[P@@]2(=S)OC[C@@H](c3ccccc3)S2)c(F)c1F. The largest absolute Gasteiger partial charge is 0.332 e. The highest BCUT2D eigenvalue weighted by Crippen LogP contribution is 2.80. The van der Waals surface area contributed by atoms with E-state index in [9.17, 15) is 17.6 Å². The molecule has 24 heavy (non-hydrogen) atoms. The first kappa shape index (κ1) is 18.3. The molecule has 0 spiro atoms. The van der Waals surface area contributed by atoms with E-state index in [1.165, 1.54) is 11.4 Å². The molecule has 3 rings (SSSR count). The minimum Gasteiger partial charge on any atom is -0.332 e. The van der Waals surface area contributed by atoms with Gasteiger partial charge in [-0.3, -0.25) is 0 Å². The van der Waals surface area contributed by atoms with Crippen LogP contribution in [0.1, 0.15) is 16.4 Å². The number of halogens is 4. The van der Waals surface area contributed by atoms with E-state index in [1.54, 1.807) is 0 Å². The second-order valence-electron chi connectivity index (χ2n) is 5.05. The highest BCUT2D eigenvalue weighted by Gasteiger charge is 2.37. The Morgan fingerprint density at radius 1 is 1.08 bits per heavy atom. The molecule has 0 unspecified atom stereocenters. The minimum absolute atomic E-state index is 0.0733. The average Bonchev–Trinajstić information content (AvgIpc) is 2.98. The predicted molar refractivity (Wildman–Crippen MR) is 93.9 cm³/mol. The molecule has 1 heterocycles. The van der Waals surface area contributed by atoms with Crippen molar-refractivity contribution < 1.29 is 22.1 Å². The van der Waals surface area contributed by atoms with Crippen LogP contribution < -0.4 is 0 Å². The van der Waals surface area contributed by atoms with Crippen LogP contribution >= 0.6 is 27.4 Å². The summed E-state index contributed by atoms with van der Waals surface area (Å²) in [4.78, 5) is -0.750. The molecule has 1 aliphatic heterocycles. The zero-order chi connectivity index (χ0) is 17.5. The van der Waals surface area contributed by atoms with Crippen molar-refractivity contribution in [3.63, 3.8) is 0 Å². The summed E-state index contributed by atoms with van der Waals surface area (Å²) in [6.07, 6.45) is 0. The Bertz CT molecular complexity index is 802. The third-order valence-electron chi connectivity index (χ3n) is 3.46. The van der Waals surface area contributed by atoms with Crippen molar-refractivity contribution in [1.29, 1.82) is 0 Å². The van der Waals surface area contributed by atoms with Crippen LogP contribution in [0.5, 0.6) is 0 Å². The molecule has 2 aromatic rings. The molecule has 2 aromatic carbocycles. The van der Waals surface area contributed by atoms with Crippen molar-refractivity contribution in [2.24, 2.45) is 0 Å². The Balaban J connectivity index is 1.89. The maximum absolute atomic E-state index is 14.1. The fourth-order valence-electron chi connectivity index (χ4n) is 2.16. The van der Waals surface area contributed by atoms with E-state index in [4.69, 9.17) is 16.3 Å². The van der Waals surface area contributed by atoms with Crippen LogP contribution in [0.4, 0.5) is 17.6 Å². The van der Waals surface area contributed by atoms with Gasteiger partial charge in [-0.2, -0.15) is 0 Å². The van der Waals surface area contributed by atoms with Gasteiger partial charge >= 0.3 is 0 Å². The minimum atomic E-state index is -2.77. The lowest BCUT2D eigenvalue weighted by atomic mass is 10.2. The van der Waals surface area contributed by atoms with Crippen molar-refractivity contribution >= 4 is 39.2 Å². The molecular formula is C15H11F4OPS3. The monoisotopic (exact) mass is 410 g/mol. The van der Waals surface area contributed by atoms with E-state index in [0.717, 1.165) is 12.5 Å². The van der Waals surface area contributed by atoms with Crippen LogP contribution in [-0.4, -0.2) is 6.61 Å². The molecule has 9 heteroatoms. The lowest BCUT2D eigenvalue weighted by Crippen LogP contribution is -2.01. The van der Waals surface area contributed by atoms with Gasteiger partial charge < -0.3 is 4.52 Å². The van der Waals surface area contributed by atoms with Gasteiger partial charge in [0.05, 0.1) is 16.8 Å². The lowest BCUT2D eigenvalue weighted by Gasteiger charge is -2.15. The molecule has 0 saturated carbocycles. The van der Waals surface area contributed by atoms with E-state index in [0.29, 0.717) is 18.0 Å². The standard InChI is InChI=1S/C15H11F4OPS3/c1-8-11(16)13(18)15(14(19)12(8)17)24-21(22)20-7-10(23-21)9-5-3-2-4-6-9/h2-6,10H,7H2,1H3/t10-,21+/m0/s1. The van der Waals surface area contributed by atoms with Crippen LogP contribution in [0.15, 0.2) is 35.2 Å². The molecule has 0 amide bonds. The number of benzene rings is 2. The maximum atomic E-state index is 14.1. The normalized spacial score (nSPS) is 23.6. The van der Waals surface area contributed by atoms with Gasteiger partial charge in [0.25, 0.3) is 0 Å². The number of hydrogen-bond donors (Lipinski definition) is 0. The molecular weight excluding hydrogens is 399 g/mol. The smallest absolute Gasteiger partial charge is 0.180 e. The van der Waals surface area contributed by atoms with Crippen molar-refractivity contribution in [3.8, 4) is 0 Å². The molecule has 0 aliphatic carbocycles. The van der Waals surface area contributed by atoms with Crippen LogP contribution in [-0.2, 0) is 16.3 Å². The summed E-state index contributed by atoms with van der Waals surface area (Å²) in [6, 6.07) is 9.42. The molecule has 0 radical (unpaired) electrons. The van der Waals surface area contributed by atoms with Crippen LogP contribution in [0.2, 0.25) is 0 Å². The summed E-state index contributed by atoms with van der Waals surface area (Å²) >= 11 is 7.26. The number of hydrogen-bond acceptors (Lipinski definition) is 4. The third-order valence-corrected chi connectivity index (χ3v) is 12.2. The quantitative estimate of drug-likeness (QED) is 0.330. The van der Waals surface area contributed by atoms with Gasteiger partial charge in [0.1, 0.15) is 0 Å². The van der Waals surface area contributed by atoms with E-state index < -0.39 is 38.4 Å². The Morgan fingerprint density at radius 2 is 1.67 bits per heavy atom. The zero-order valence-corrected chi connectivity index (χ0v) is 15.6. The summed E-state index contributed by atoms with van der Waals surface area (Å²) in [5.74, 6) is -5.65. The van der Waals surface area contributed by atoms with Crippen molar-refractivity contribution in [2.75, 3.05) is 6.61 Å². The Hall–Kier alpha value is -0.530. The van der Waals surface area contributed by atoms with Gasteiger partial charge in [0.15, 0.2) is 27.9 Å². The molecule has 0 N–H and O–H groups in total. The number of rotatable bonds is 3. The predicted octanol–water partition coefficient (Wildman–Crippen LogP) is 6.37. The first-order valence-electron chi connectivity index (χ1n) is 6.82.